The molecule has 0 radical (unpaired) electrons. The average molecular weight is 213 g/mol. The third-order valence-electron chi connectivity index (χ3n) is 2.07. The summed E-state index contributed by atoms with van der Waals surface area (Å²) in [7, 11) is 0. The smallest absolute Gasteiger partial charge is 0.263 e. The summed E-state index contributed by atoms with van der Waals surface area (Å²) in [6, 6.07) is 6.46. The van der Waals surface area contributed by atoms with Crippen LogP contribution in [0.3, 0.4) is 0 Å². The molecule has 0 saturated heterocycles. The van der Waals surface area contributed by atoms with Gasteiger partial charge in [-0.05, 0) is 12.1 Å². The van der Waals surface area contributed by atoms with E-state index < -0.39 is 5.91 Å². The highest BCUT2D eigenvalue weighted by atomic mass is 16.3. The molecule has 0 unspecified atom stereocenters. The topological polar surface area (TPSA) is 72.3 Å². The van der Waals surface area contributed by atoms with Gasteiger partial charge < -0.3 is 0 Å². The van der Waals surface area contributed by atoms with Crippen LogP contribution >= 0.6 is 0 Å². The molecule has 1 aromatic carbocycles. The van der Waals surface area contributed by atoms with Crippen LogP contribution in [0.5, 0.6) is 0 Å². The lowest BCUT2D eigenvalue weighted by Gasteiger charge is -1.99. The van der Waals surface area contributed by atoms with Crippen molar-refractivity contribution in [2.75, 3.05) is 0 Å². The zero-order valence-corrected chi connectivity index (χ0v) is 8.20. The molecule has 5 heteroatoms. The molecule has 0 atom stereocenters. The molecule has 0 bridgehead atoms. The Kier molecular flexibility index (Phi) is 2.77. The highest BCUT2D eigenvalue weighted by Crippen LogP contribution is 2.16. The zero-order valence-electron chi connectivity index (χ0n) is 8.20. The van der Waals surface area contributed by atoms with E-state index in [0.29, 0.717) is 5.69 Å². The molecule has 0 aliphatic rings. The van der Waals surface area contributed by atoms with Gasteiger partial charge in [-0.15, -0.1) is 4.91 Å². The van der Waals surface area contributed by atoms with Crippen molar-refractivity contribution in [2.24, 2.45) is 5.18 Å². The number of aromatic nitrogens is 2. The fraction of sp³-hybridized carbons (Fsp3) is 0. The Hall–Kier alpha value is -2.43. The van der Waals surface area contributed by atoms with Crippen molar-refractivity contribution >= 4 is 5.91 Å². The van der Waals surface area contributed by atoms with Crippen LogP contribution in [0.4, 0.5) is 0 Å². The van der Waals surface area contributed by atoms with E-state index in [-0.39, 0.29) is 5.56 Å². The lowest BCUT2D eigenvalue weighted by Crippen LogP contribution is -1.93. The highest BCUT2D eigenvalue weighted by molar-refractivity contribution is 5.95. The number of carbonyl (C=O) groups is 1. The van der Waals surface area contributed by atoms with E-state index >= 15 is 0 Å². The first-order chi connectivity index (χ1) is 7.81. The maximum Gasteiger partial charge on any atom is 0.316 e. The monoisotopic (exact) mass is 213 g/mol. The van der Waals surface area contributed by atoms with Gasteiger partial charge in [0.05, 0.1) is 11.9 Å². The number of amides is 1. The molecule has 0 aliphatic carbocycles. The third-order valence-corrected chi connectivity index (χ3v) is 2.07. The second-order valence-corrected chi connectivity index (χ2v) is 3.06. The van der Waals surface area contributed by atoms with Crippen LogP contribution in [0.1, 0.15) is 10.4 Å². The van der Waals surface area contributed by atoms with Crippen molar-refractivity contribution < 1.29 is 4.79 Å². The molecule has 1 aromatic heterocycles. The van der Waals surface area contributed by atoms with Crippen molar-refractivity contribution in [3.63, 3.8) is 0 Å². The standard InChI is InChI=1S/C11H7N3O2/c15-11(14-16)9-3-1-8(2-4-9)10-7-12-5-6-13-10/h1-7H. The number of rotatable bonds is 2. The van der Waals surface area contributed by atoms with E-state index in [2.05, 4.69) is 15.1 Å². The molecule has 0 aliphatic heterocycles. The average Bonchev–Trinajstić information content (AvgIpc) is 2.39. The number of nitrogens with zero attached hydrogens (tertiary/aromatic N) is 3. The zero-order chi connectivity index (χ0) is 11.4. The van der Waals surface area contributed by atoms with E-state index in [0.717, 1.165) is 5.56 Å². The van der Waals surface area contributed by atoms with Crippen molar-refractivity contribution in [2.45, 2.75) is 0 Å². The number of nitroso groups, excluding NO2 is 1. The van der Waals surface area contributed by atoms with Crippen LogP contribution in [-0.2, 0) is 0 Å². The fourth-order valence-electron chi connectivity index (χ4n) is 1.28. The summed E-state index contributed by atoms with van der Waals surface area (Å²) >= 11 is 0. The van der Waals surface area contributed by atoms with Crippen LogP contribution in [-0.4, -0.2) is 15.9 Å². The van der Waals surface area contributed by atoms with Gasteiger partial charge in [0.2, 0.25) is 0 Å². The molecule has 0 N–H and O–H groups in total. The summed E-state index contributed by atoms with van der Waals surface area (Å²) in [5.41, 5.74) is 1.80. The summed E-state index contributed by atoms with van der Waals surface area (Å²) in [5.74, 6) is -0.773. The first kappa shape index (κ1) is 10.1. The first-order valence-electron chi connectivity index (χ1n) is 4.55. The molecule has 2 aromatic rings. The Morgan fingerprint density at radius 3 is 2.44 bits per heavy atom. The van der Waals surface area contributed by atoms with Gasteiger partial charge in [0.1, 0.15) is 0 Å². The summed E-state index contributed by atoms with van der Waals surface area (Å²) < 4.78 is 0. The molecule has 5 nitrogen and oxygen atoms in total. The first-order valence-corrected chi connectivity index (χ1v) is 4.55. The van der Waals surface area contributed by atoms with Crippen LogP contribution < -0.4 is 0 Å². The Bertz CT molecular complexity index is 509. The van der Waals surface area contributed by atoms with Gasteiger partial charge in [-0.25, -0.2) is 0 Å². The van der Waals surface area contributed by atoms with Gasteiger partial charge in [-0.1, -0.05) is 12.1 Å². The minimum Gasteiger partial charge on any atom is -0.263 e. The Balaban J connectivity index is 2.33. The second-order valence-electron chi connectivity index (χ2n) is 3.06. The fourth-order valence-corrected chi connectivity index (χ4v) is 1.28. The maximum absolute atomic E-state index is 11.0. The van der Waals surface area contributed by atoms with Gasteiger partial charge in [-0.3, -0.25) is 14.8 Å². The molecule has 0 saturated carbocycles. The van der Waals surface area contributed by atoms with Crippen LogP contribution in [0, 0.1) is 4.91 Å². The molecule has 16 heavy (non-hydrogen) atoms. The van der Waals surface area contributed by atoms with Crippen molar-refractivity contribution in [3.8, 4) is 11.3 Å². The highest BCUT2D eigenvalue weighted by Gasteiger charge is 2.05. The molecule has 0 spiro atoms. The number of carbonyl (C=O) groups excluding carboxylic acids is 1. The molecule has 78 valence electrons. The van der Waals surface area contributed by atoms with Gasteiger partial charge in [0.15, 0.2) is 0 Å². The molecule has 1 amide bonds. The summed E-state index contributed by atoms with van der Waals surface area (Å²) in [6.07, 6.45) is 4.79. The minimum atomic E-state index is -0.773. The SMILES string of the molecule is O=NC(=O)c1ccc(-c2cnccn2)cc1. The number of hydrogen-bond donors (Lipinski definition) is 0. The Morgan fingerprint density at radius 1 is 1.12 bits per heavy atom. The van der Waals surface area contributed by atoms with E-state index in [1.807, 2.05) is 0 Å². The Labute approximate surface area is 91.1 Å². The van der Waals surface area contributed by atoms with Gasteiger partial charge in [-0.2, -0.15) is 0 Å². The van der Waals surface area contributed by atoms with E-state index in [4.69, 9.17) is 0 Å². The minimum absolute atomic E-state index is 0.266. The van der Waals surface area contributed by atoms with E-state index in [1.54, 1.807) is 30.7 Å². The molecule has 2 rings (SSSR count). The molecule has 1 heterocycles. The molecular formula is C11H7N3O2. The van der Waals surface area contributed by atoms with Gasteiger partial charge in [0, 0.05) is 28.7 Å². The predicted octanol–water partition coefficient (Wildman–Crippen LogP) is 2.05. The van der Waals surface area contributed by atoms with Crippen LogP contribution in [0.15, 0.2) is 48.0 Å². The predicted molar refractivity (Wildman–Crippen MR) is 57.6 cm³/mol. The number of hydrogen-bond acceptors (Lipinski definition) is 4. The van der Waals surface area contributed by atoms with Gasteiger partial charge >= 0.3 is 5.91 Å². The largest absolute Gasteiger partial charge is 0.316 e. The maximum atomic E-state index is 11.0. The lowest BCUT2D eigenvalue weighted by atomic mass is 10.1. The normalized spacial score (nSPS) is 9.75. The Morgan fingerprint density at radius 2 is 1.88 bits per heavy atom. The van der Waals surface area contributed by atoms with E-state index in [1.165, 1.54) is 12.1 Å². The van der Waals surface area contributed by atoms with Crippen LogP contribution in [0.2, 0.25) is 0 Å². The van der Waals surface area contributed by atoms with Crippen molar-refractivity contribution in [1.29, 1.82) is 0 Å². The molecular weight excluding hydrogens is 206 g/mol. The quantitative estimate of drug-likeness (QED) is 0.715. The number of benzene rings is 1. The summed E-state index contributed by atoms with van der Waals surface area (Å²) in [5, 5.41) is 2.34. The van der Waals surface area contributed by atoms with Crippen molar-refractivity contribution in [1.82, 2.24) is 9.97 Å². The summed E-state index contributed by atoms with van der Waals surface area (Å²) in [4.78, 5) is 29.0. The van der Waals surface area contributed by atoms with Crippen LogP contribution in [0.25, 0.3) is 11.3 Å². The molecule has 0 fully saturated rings. The lowest BCUT2D eigenvalue weighted by molar-refractivity contribution is 0.100. The van der Waals surface area contributed by atoms with Crippen molar-refractivity contribution in [3.05, 3.63) is 53.3 Å². The van der Waals surface area contributed by atoms with Gasteiger partial charge in [0.25, 0.3) is 0 Å². The third kappa shape index (κ3) is 1.98. The summed E-state index contributed by atoms with van der Waals surface area (Å²) in [6.45, 7) is 0. The second kappa shape index (κ2) is 4.39. The van der Waals surface area contributed by atoms with E-state index in [9.17, 15) is 9.70 Å².